The maximum Gasteiger partial charge on any atom is 0.0547 e. The summed E-state index contributed by atoms with van der Waals surface area (Å²) < 4.78 is 0. The van der Waals surface area contributed by atoms with Crippen molar-refractivity contribution >= 4 is 0 Å². The minimum Gasteiger partial charge on any atom is -0.311 e. The van der Waals surface area contributed by atoms with Crippen molar-refractivity contribution in [1.82, 2.24) is 20.1 Å². The van der Waals surface area contributed by atoms with E-state index in [1.54, 1.807) is 0 Å². The molecule has 1 aromatic rings. The maximum absolute atomic E-state index is 4.74. The third kappa shape index (κ3) is 4.85. The van der Waals surface area contributed by atoms with Crippen LogP contribution in [0.1, 0.15) is 31.7 Å². The van der Waals surface area contributed by atoms with Gasteiger partial charge >= 0.3 is 0 Å². The van der Waals surface area contributed by atoms with Crippen molar-refractivity contribution in [3.63, 3.8) is 0 Å². The molecule has 0 atom stereocenters. The Hall–Kier alpha value is -0.970. The molecule has 1 aromatic heterocycles. The summed E-state index contributed by atoms with van der Waals surface area (Å²) in [5.74, 6) is 0. The highest BCUT2D eigenvalue weighted by Crippen LogP contribution is 2.08. The molecule has 2 heterocycles. The highest BCUT2D eigenvalue weighted by Gasteiger charge is 2.16. The van der Waals surface area contributed by atoms with Gasteiger partial charge in [0, 0.05) is 39.3 Å². The van der Waals surface area contributed by atoms with Crippen LogP contribution in [0, 0.1) is 0 Å². The lowest BCUT2D eigenvalue weighted by atomic mass is 10.2. The van der Waals surface area contributed by atoms with Gasteiger partial charge in [-0.25, -0.2) is 0 Å². The van der Waals surface area contributed by atoms with E-state index in [1.807, 2.05) is 0 Å². The number of pyridine rings is 1. The SMILES string of the molecule is CCCN1CCN(Cc2cccc(CNCC)n2)CC1. The quantitative estimate of drug-likeness (QED) is 0.822. The third-order valence-electron chi connectivity index (χ3n) is 3.81. The van der Waals surface area contributed by atoms with E-state index >= 15 is 0 Å². The number of piperazine rings is 1. The molecule has 0 bridgehead atoms. The van der Waals surface area contributed by atoms with Crippen molar-refractivity contribution in [2.24, 2.45) is 0 Å². The molecule has 0 radical (unpaired) electrons. The van der Waals surface area contributed by atoms with Gasteiger partial charge in [-0.1, -0.05) is 19.9 Å². The molecule has 20 heavy (non-hydrogen) atoms. The molecular weight excluding hydrogens is 248 g/mol. The van der Waals surface area contributed by atoms with Gasteiger partial charge in [0.05, 0.1) is 11.4 Å². The molecule has 0 amide bonds. The summed E-state index contributed by atoms with van der Waals surface area (Å²) in [6, 6.07) is 6.38. The van der Waals surface area contributed by atoms with Gasteiger partial charge in [0.2, 0.25) is 0 Å². The topological polar surface area (TPSA) is 31.4 Å². The van der Waals surface area contributed by atoms with Crippen molar-refractivity contribution in [3.05, 3.63) is 29.6 Å². The lowest BCUT2D eigenvalue weighted by Crippen LogP contribution is -2.46. The zero-order valence-electron chi connectivity index (χ0n) is 12.9. The van der Waals surface area contributed by atoms with Gasteiger partial charge in [0.25, 0.3) is 0 Å². The Labute approximate surface area is 123 Å². The number of rotatable bonds is 7. The van der Waals surface area contributed by atoms with Crippen LogP contribution in [-0.4, -0.2) is 54.1 Å². The minimum atomic E-state index is 0.870. The number of nitrogens with zero attached hydrogens (tertiary/aromatic N) is 3. The summed E-state index contributed by atoms with van der Waals surface area (Å²) in [6.07, 6.45) is 1.26. The van der Waals surface area contributed by atoms with Gasteiger partial charge < -0.3 is 10.2 Å². The first-order valence-electron chi connectivity index (χ1n) is 7.92. The van der Waals surface area contributed by atoms with E-state index in [2.05, 4.69) is 47.2 Å². The van der Waals surface area contributed by atoms with E-state index in [4.69, 9.17) is 4.98 Å². The number of nitrogens with one attached hydrogen (secondary N) is 1. The largest absolute Gasteiger partial charge is 0.311 e. The van der Waals surface area contributed by atoms with E-state index in [-0.39, 0.29) is 0 Å². The maximum atomic E-state index is 4.74. The average molecular weight is 276 g/mol. The summed E-state index contributed by atoms with van der Waals surface area (Å²) in [5, 5.41) is 3.33. The lowest BCUT2D eigenvalue weighted by Gasteiger charge is -2.34. The van der Waals surface area contributed by atoms with Gasteiger partial charge in [0.15, 0.2) is 0 Å². The van der Waals surface area contributed by atoms with Gasteiger partial charge in [-0.3, -0.25) is 9.88 Å². The molecule has 112 valence electrons. The summed E-state index contributed by atoms with van der Waals surface area (Å²) in [7, 11) is 0. The Bertz CT molecular complexity index is 386. The normalized spacial score (nSPS) is 17.5. The second-order valence-corrected chi connectivity index (χ2v) is 5.52. The van der Waals surface area contributed by atoms with E-state index in [0.29, 0.717) is 0 Å². The van der Waals surface area contributed by atoms with Crippen molar-refractivity contribution in [2.45, 2.75) is 33.4 Å². The van der Waals surface area contributed by atoms with Gasteiger partial charge in [-0.15, -0.1) is 0 Å². The molecule has 2 rings (SSSR count). The van der Waals surface area contributed by atoms with Crippen LogP contribution in [0.3, 0.4) is 0 Å². The Morgan fingerprint density at radius 2 is 1.75 bits per heavy atom. The number of aromatic nitrogens is 1. The fourth-order valence-corrected chi connectivity index (χ4v) is 2.69. The second-order valence-electron chi connectivity index (χ2n) is 5.52. The van der Waals surface area contributed by atoms with Crippen LogP contribution >= 0.6 is 0 Å². The molecule has 1 aliphatic rings. The number of hydrogen-bond acceptors (Lipinski definition) is 4. The smallest absolute Gasteiger partial charge is 0.0547 e. The van der Waals surface area contributed by atoms with Crippen LogP contribution < -0.4 is 5.32 Å². The predicted molar refractivity (Wildman–Crippen MR) is 83.6 cm³/mol. The molecule has 1 saturated heterocycles. The Morgan fingerprint density at radius 1 is 1.05 bits per heavy atom. The minimum absolute atomic E-state index is 0.870. The molecule has 0 saturated carbocycles. The van der Waals surface area contributed by atoms with Gasteiger partial charge in [0.1, 0.15) is 0 Å². The van der Waals surface area contributed by atoms with E-state index in [0.717, 1.165) is 25.3 Å². The summed E-state index contributed by atoms with van der Waals surface area (Å²) >= 11 is 0. The highest BCUT2D eigenvalue weighted by molar-refractivity contribution is 5.11. The van der Waals surface area contributed by atoms with Crippen LogP contribution in [-0.2, 0) is 13.1 Å². The van der Waals surface area contributed by atoms with Crippen molar-refractivity contribution < 1.29 is 0 Å². The van der Waals surface area contributed by atoms with Crippen LogP contribution in [0.4, 0.5) is 0 Å². The Balaban J connectivity index is 1.81. The van der Waals surface area contributed by atoms with Gasteiger partial charge in [-0.05, 0) is 31.6 Å². The molecule has 0 unspecified atom stereocenters. The standard InChI is InChI=1S/C16H28N4/c1-3-8-19-9-11-20(12-10-19)14-16-7-5-6-15(18-16)13-17-4-2/h5-7,17H,3-4,8-14H2,1-2H3. The molecule has 0 spiro atoms. The van der Waals surface area contributed by atoms with Crippen LogP contribution in [0.2, 0.25) is 0 Å². The summed E-state index contributed by atoms with van der Waals surface area (Å²) in [5.41, 5.74) is 2.35. The van der Waals surface area contributed by atoms with Crippen LogP contribution in [0.5, 0.6) is 0 Å². The second kappa shape index (κ2) is 8.35. The summed E-state index contributed by atoms with van der Waals surface area (Å²) in [4.78, 5) is 9.82. The first kappa shape index (κ1) is 15.4. The van der Waals surface area contributed by atoms with Crippen molar-refractivity contribution in [1.29, 1.82) is 0 Å². The molecule has 4 nitrogen and oxygen atoms in total. The first-order chi connectivity index (χ1) is 9.81. The van der Waals surface area contributed by atoms with E-state index < -0.39 is 0 Å². The average Bonchev–Trinajstić information content (AvgIpc) is 2.48. The fourth-order valence-electron chi connectivity index (χ4n) is 2.69. The molecular formula is C16H28N4. The molecule has 1 fully saturated rings. The molecule has 0 aliphatic carbocycles. The van der Waals surface area contributed by atoms with E-state index in [1.165, 1.54) is 44.8 Å². The van der Waals surface area contributed by atoms with E-state index in [9.17, 15) is 0 Å². The molecule has 1 aliphatic heterocycles. The fraction of sp³-hybridized carbons (Fsp3) is 0.688. The van der Waals surface area contributed by atoms with Crippen molar-refractivity contribution in [2.75, 3.05) is 39.3 Å². The predicted octanol–water partition coefficient (Wildman–Crippen LogP) is 1.72. The Morgan fingerprint density at radius 3 is 2.45 bits per heavy atom. The Kier molecular flexibility index (Phi) is 6.43. The van der Waals surface area contributed by atoms with Gasteiger partial charge in [-0.2, -0.15) is 0 Å². The molecule has 4 heteroatoms. The zero-order valence-corrected chi connectivity index (χ0v) is 12.9. The third-order valence-corrected chi connectivity index (χ3v) is 3.81. The lowest BCUT2D eigenvalue weighted by molar-refractivity contribution is 0.126. The van der Waals surface area contributed by atoms with Crippen LogP contribution in [0.25, 0.3) is 0 Å². The zero-order chi connectivity index (χ0) is 14.2. The summed E-state index contributed by atoms with van der Waals surface area (Å²) in [6.45, 7) is 13.2. The van der Waals surface area contributed by atoms with Crippen LogP contribution in [0.15, 0.2) is 18.2 Å². The highest BCUT2D eigenvalue weighted by atomic mass is 15.3. The molecule has 0 aromatic carbocycles. The first-order valence-corrected chi connectivity index (χ1v) is 7.92. The molecule has 1 N–H and O–H groups in total. The van der Waals surface area contributed by atoms with Crippen molar-refractivity contribution in [3.8, 4) is 0 Å². The number of hydrogen-bond donors (Lipinski definition) is 1. The monoisotopic (exact) mass is 276 g/mol.